The summed E-state index contributed by atoms with van der Waals surface area (Å²) < 4.78 is 5.21. The van der Waals surface area contributed by atoms with Crippen molar-refractivity contribution in [1.29, 1.82) is 0 Å². The van der Waals surface area contributed by atoms with Gasteiger partial charge in [0.25, 0.3) is 0 Å². The molecule has 1 fully saturated rings. The lowest BCUT2D eigenvalue weighted by Gasteiger charge is -2.19. The number of ether oxygens (including phenoxy) is 1. The van der Waals surface area contributed by atoms with Crippen molar-refractivity contribution in [2.45, 2.75) is 12.5 Å². The second kappa shape index (κ2) is 6.21. The molecule has 1 unspecified atom stereocenters. The highest BCUT2D eigenvalue weighted by Gasteiger charge is 2.23. The van der Waals surface area contributed by atoms with Gasteiger partial charge >= 0.3 is 6.01 Å². The molecule has 2 aromatic rings. The van der Waals surface area contributed by atoms with Crippen molar-refractivity contribution in [1.82, 2.24) is 9.97 Å². The Balaban J connectivity index is 2.05. The van der Waals surface area contributed by atoms with Crippen LogP contribution in [0.5, 0.6) is 6.01 Å². The number of anilines is 2. The zero-order chi connectivity index (χ0) is 16.4. The van der Waals surface area contributed by atoms with Crippen LogP contribution in [0.1, 0.15) is 6.42 Å². The minimum Gasteiger partial charge on any atom is -0.467 e. The number of nitrogens with two attached hydrogens (primary N) is 1. The molecule has 1 aromatic carbocycles. The summed E-state index contributed by atoms with van der Waals surface area (Å²) in [5, 5.41) is 3.62. The van der Waals surface area contributed by atoms with Crippen LogP contribution < -0.4 is 20.7 Å². The van der Waals surface area contributed by atoms with Crippen LogP contribution in [0.15, 0.2) is 30.9 Å². The van der Waals surface area contributed by atoms with Crippen LogP contribution in [0.25, 0.3) is 10.9 Å². The van der Waals surface area contributed by atoms with Crippen molar-refractivity contribution in [3.8, 4) is 6.01 Å². The second-order valence-corrected chi connectivity index (χ2v) is 5.45. The number of carbonyl (C=O) groups is 1. The van der Waals surface area contributed by atoms with Gasteiger partial charge in [0.2, 0.25) is 5.91 Å². The Morgan fingerprint density at radius 3 is 3.00 bits per heavy atom. The van der Waals surface area contributed by atoms with Crippen LogP contribution in [-0.2, 0) is 4.79 Å². The van der Waals surface area contributed by atoms with Crippen molar-refractivity contribution < 1.29 is 9.53 Å². The van der Waals surface area contributed by atoms with Crippen molar-refractivity contribution in [3.05, 3.63) is 30.9 Å². The second-order valence-electron chi connectivity index (χ2n) is 5.45. The lowest BCUT2D eigenvalue weighted by atomic mass is 10.2. The molecule has 1 atom stereocenters. The summed E-state index contributed by atoms with van der Waals surface area (Å²) in [6, 6.07) is 5.95. The van der Waals surface area contributed by atoms with E-state index in [9.17, 15) is 4.79 Å². The molecule has 0 aliphatic carbocycles. The molecule has 2 heterocycles. The average molecular weight is 313 g/mol. The molecule has 1 saturated heterocycles. The third-order valence-electron chi connectivity index (χ3n) is 3.82. The third-order valence-corrected chi connectivity index (χ3v) is 3.82. The number of amides is 1. The molecule has 1 aromatic heterocycles. The third kappa shape index (κ3) is 3.09. The number of benzene rings is 1. The molecule has 120 valence electrons. The first-order valence-corrected chi connectivity index (χ1v) is 7.40. The molecule has 23 heavy (non-hydrogen) atoms. The van der Waals surface area contributed by atoms with Gasteiger partial charge in [-0.1, -0.05) is 6.58 Å². The molecule has 1 amide bonds. The van der Waals surface area contributed by atoms with Crippen molar-refractivity contribution in [2.75, 3.05) is 30.4 Å². The van der Waals surface area contributed by atoms with Crippen molar-refractivity contribution in [2.24, 2.45) is 5.73 Å². The minimum atomic E-state index is -0.267. The van der Waals surface area contributed by atoms with Gasteiger partial charge < -0.3 is 20.7 Å². The molecule has 1 aliphatic heterocycles. The number of rotatable bonds is 4. The van der Waals surface area contributed by atoms with Gasteiger partial charge in [-0.05, 0) is 30.7 Å². The van der Waals surface area contributed by atoms with Gasteiger partial charge in [-0.2, -0.15) is 9.97 Å². The zero-order valence-electron chi connectivity index (χ0n) is 13.0. The molecule has 3 N–H and O–H groups in total. The maximum absolute atomic E-state index is 11.4. The molecule has 3 rings (SSSR count). The monoisotopic (exact) mass is 313 g/mol. The molecular formula is C16H19N5O2. The molecule has 0 bridgehead atoms. The van der Waals surface area contributed by atoms with Gasteiger partial charge in [-0.15, -0.1) is 0 Å². The molecule has 7 heteroatoms. The van der Waals surface area contributed by atoms with E-state index in [0.717, 1.165) is 30.7 Å². The van der Waals surface area contributed by atoms with E-state index >= 15 is 0 Å². The number of carbonyl (C=O) groups excluding carboxylic acids is 1. The quantitative estimate of drug-likeness (QED) is 0.826. The van der Waals surface area contributed by atoms with E-state index in [1.165, 1.54) is 13.2 Å². The Morgan fingerprint density at radius 1 is 1.52 bits per heavy atom. The van der Waals surface area contributed by atoms with Gasteiger partial charge in [0, 0.05) is 30.2 Å². The van der Waals surface area contributed by atoms with Crippen molar-refractivity contribution >= 4 is 28.3 Å². The highest BCUT2D eigenvalue weighted by atomic mass is 16.5. The maximum atomic E-state index is 11.4. The van der Waals surface area contributed by atoms with Gasteiger partial charge in [-0.25, -0.2) is 0 Å². The fourth-order valence-electron chi connectivity index (χ4n) is 2.68. The van der Waals surface area contributed by atoms with E-state index in [1.807, 2.05) is 12.1 Å². The van der Waals surface area contributed by atoms with Crippen LogP contribution in [0.4, 0.5) is 11.5 Å². The fraction of sp³-hybridized carbons (Fsp3) is 0.312. The first kappa shape index (κ1) is 15.2. The summed E-state index contributed by atoms with van der Waals surface area (Å²) in [5.74, 6) is 0.539. The average Bonchev–Trinajstić information content (AvgIpc) is 2.99. The number of nitrogens with zero attached hydrogens (tertiary/aromatic N) is 3. The van der Waals surface area contributed by atoms with Gasteiger partial charge in [0.1, 0.15) is 5.82 Å². The topological polar surface area (TPSA) is 93.4 Å². The number of aromatic nitrogens is 2. The number of hydrogen-bond acceptors (Lipinski definition) is 6. The first-order valence-electron chi connectivity index (χ1n) is 7.40. The summed E-state index contributed by atoms with van der Waals surface area (Å²) in [6.45, 7) is 5.05. The van der Waals surface area contributed by atoms with E-state index in [-0.39, 0.29) is 11.9 Å². The Kier molecular flexibility index (Phi) is 4.12. The van der Waals surface area contributed by atoms with Crippen LogP contribution in [0.2, 0.25) is 0 Å². The Bertz CT molecular complexity index is 761. The molecular weight excluding hydrogens is 294 g/mol. The predicted molar refractivity (Wildman–Crippen MR) is 89.7 cm³/mol. The van der Waals surface area contributed by atoms with Crippen LogP contribution >= 0.6 is 0 Å². The van der Waals surface area contributed by atoms with E-state index in [0.29, 0.717) is 17.2 Å². The zero-order valence-corrected chi connectivity index (χ0v) is 13.0. The van der Waals surface area contributed by atoms with Crippen molar-refractivity contribution in [3.63, 3.8) is 0 Å². The van der Waals surface area contributed by atoms with Crippen LogP contribution in [0, 0.1) is 0 Å². The highest BCUT2D eigenvalue weighted by molar-refractivity contribution is 6.01. The number of fused-ring (bicyclic) bond motifs is 1. The number of nitrogens with one attached hydrogen (secondary N) is 1. The summed E-state index contributed by atoms with van der Waals surface area (Å²) in [6.07, 6.45) is 2.16. The Morgan fingerprint density at radius 2 is 2.35 bits per heavy atom. The number of methoxy groups -OCH3 is 1. The van der Waals surface area contributed by atoms with Crippen LogP contribution in [0.3, 0.4) is 0 Å². The lowest BCUT2D eigenvalue weighted by molar-refractivity contribution is -0.111. The predicted octanol–water partition coefficient (Wildman–Crippen LogP) is 1.30. The van der Waals surface area contributed by atoms with E-state index in [2.05, 4.69) is 26.8 Å². The number of hydrogen-bond donors (Lipinski definition) is 2. The Hall–Kier alpha value is -2.67. The normalized spacial score (nSPS) is 17.3. The van der Waals surface area contributed by atoms with Gasteiger partial charge in [-0.3, -0.25) is 4.79 Å². The maximum Gasteiger partial charge on any atom is 0.318 e. The van der Waals surface area contributed by atoms with Gasteiger partial charge in [0.15, 0.2) is 0 Å². The fourth-order valence-corrected chi connectivity index (χ4v) is 2.68. The summed E-state index contributed by atoms with van der Waals surface area (Å²) in [4.78, 5) is 22.4. The SMILES string of the molecule is C=CC(=O)Nc1ccc2c(N3CCC(N)C3)nc(OC)nc2c1. The first-order chi connectivity index (χ1) is 11.1. The van der Waals surface area contributed by atoms with Crippen LogP contribution in [-0.4, -0.2) is 42.1 Å². The Labute approximate surface area is 134 Å². The van der Waals surface area contributed by atoms with Gasteiger partial charge in [0.05, 0.1) is 12.6 Å². The molecule has 1 aliphatic rings. The standard InChI is InChI=1S/C16H19N5O2/c1-3-14(22)18-11-4-5-12-13(8-11)19-16(23-2)20-15(12)21-7-6-10(17)9-21/h3-5,8,10H,1,6-7,9,17H2,2H3,(H,18,22). The summed E-state index contributed by atoms with van der Waals surface area (Å²) in [7, 11) is 1.53. The molecule has 0 radical (unpaired) electrons. The largest absolute Gasteiger partial charge is 0.467 e. The molecule has 0 spiro atoms. The summed E-state index contributed by atoms with van der Waals surface area (Å²) >= 11 is 0. The molecule has 7 nitrogen and oxygen atoms in total. The summed E-state index contributed by atoms with van der Waals surface area (Å²) in [5.41, 5.74) is 7.35. The highest BCUT2D eigenvalue weighted by Crippen LogP contribution is 2.30. The lowest BCUT2D eigenvalue weighted by Crippen LogP contribution is -2.27. The van der Waals surface area contributed by atoms with E-state index in [1.54, 1.807) is 6.07 Å². The van der Waals surface area contributed by atoms with E-state index in [4.69, 9.17) is 10.5 Å². The minimum absolute atomic E-state index is 0.150. The smallest absolute Gasteiger partial charge is 0.318 e. The molecule has 0 saturated carbocycles. The van der Waals surface area contributed by atoms with E-state index < -0.39 is 0 Å².